The molecule has 1 aromatic heterocycles. The summed E-state index contributed by atoms with van der Waals surface area (Å²) in [6.07, 6.45) is 4.09. The molecule has 0 atom stereocenters. The van der Waals surface area contributed by atoms with E-state index in [1.54, 1.807) is 0 Å². The van der Waals surface area contributed by atoms with Crippen LogP contribution in [0, 0.1) is 6.92 Å². The molecule has 0 spiro atoms. The number of fused-ring (bicyclic) bond motifs is 1. The number of benzene rings is 1. The van der Waals surface area contributed by atoms with Crippen LogP contribution in [0.1, 0.15) is 25.0 Å². The molecule has 0 saturated heterocycles. The SMILES string of the molecule is C=CC(C)(C)c1c[nH]c2c(C)cccc12. The van der Waals surface area contributed by atoms with Gasteiger partial charge in [-0.05, 0) is 18.1 Å². The maximum atomic E-state index is 3.90. The lowest BCUT2D eigenvalue weighted by Gasteiger charge is -2.19. The largest absolute Gasteiger partial charge is 0.361 e. The predicted molar refractivity (Wildman–Crippen MR) is 66.3 cm³/mol. The summed E-state index contributed by atoms with van der Waals surface area (Å²) in [4.78, 5) is 3.35. The lowest BCUT2D eigenvalue weighted by molar-refractivity contribution is 0.678. The van der Waals surface area contributed by atoms with Crippen molar-refractivity contribution in [1.29, 1.82) is 0 Å². The summed E-state index contributed by atoms with van der Waals surface area (Å²) >= 11 is 0. The molecule has 2 rings (SSSR count). The number of para-hydroxylation sites is 1. The van der Waals surface area contributed by atoms with E-state index in [0.717, 1.165) is 0 Å². The van der Waals surface area contributed by atoms with Crippen LogP contribution >= 0.6 is 0 Å². The third-order valence-electron chi connectivity index (χ3n) is 3.13. The third kappa shape index (κ3) is 1.48. The quantitative estimate of drug-likeness (QED) is 0.705. The minimum atomic E-state index is 0.0199. The number of nitrogens with one attached hydrogen (secondary N) is 1. The van der Waals surface area contributed by atoms with E-state index in [9.17, 15) is 0 Å². The van der Waals surface area contributed by atoms with Gasteiger partial charge in [0.15, 0.2) is 0 Å². The first-order chi connectivity index (χ1) is 7.06. The van der Waals surface area contributed by atoms with Gasteiger partial charge in [0, 0.05) is 22.5 Å². The number of H-pyrrole nitrogens is 1. The number of allylic oxidation sites excluding steroid dienone is 1. The molecule has 0 fully saturated rings. The van der Waals surface area contributed by atoms with Crippen molar-refractivity contribution in [3.8, 4) is 0 Å². The zero-order chi connectivity index (χ0) is 11.1. The second-order valence-electron chi connectivity index (χ2n) is 4.63. The highest BCUT2D eigenvalue weighted by Crippen LogP contribution is 2.32. The van der Waals surface area contributed by atoms with Gasteiger partial charge < -0.3 is 4.98 Å². The Balaban J connectivity index is 2.74. The van der Waals surface area contributed by atoms with Gasteiger partial charge >= 0.3 is 0 Å². The molecule has 0 aliphatic rings. The Labute approximate surface area is 90.8 Å². The molecule has 0 saturated carbocycles. The second-order valence-corrected chi connectivity index (χ2v) is 4.63. The van der Waals surface area contributed by atoms with Crippen molar-refractivity contribution >= 4 is 10.9 Å². The average Bonchev–Trinajstić information content (AvgIpc) is 2.63. The van der Waals surface area contributed by atoms with Crippen molar-refractivity contribution in [2.24, 2.45) is 0 Å². The molecule has 15 heavy (non-hydrogen) atoms. The van der Waals surface area contributed by atoms with Crippen molar-refractivity contribution in [3.05, 3.63) is 48.2 Å². The minimum Gasteiger partial charge on any atom is -0.361 e. The van der Waals surface area contributed by atoms with Gasteiger partial charge in [-0.1, -0.05) is 38.1 Å². The Morgan fingerprint density at radius 1 is 1.33 bits per heavy atom. The Hall–Kier alpha value is -1.50. The van der Waals surface area contributed by atoms with Gasteiger partial charge in [-0.2, -0.15) is 0 Å². The third-order valence-corrected chi connectivity index (χ3v) is 3.13. The Bertz CT molecular complexity index is 503. The fourth-order valence-electron chi connectivity index (χ4n) is 1.95. The highest BCUT2D eigenvalue weighted by Gasteiger charge is 2.20. The van der Waals surface area contributed by atoms with Crippen molar-refractivity contribution in [2.45, 2.75) is 26.2 Å². The zero-order valence-electron chi connectivity index (χ0n) is 9.59. The average molecular weight is 199 g/mol. The molecule has 0 unspecified atom stereocenters. The van der Waals surface area contributed by atoms with Gasteiger partial charge in [0.2, 0.25) is 0 Å². The lowest BCUT2D eigenvalue weighted by Crippen LogP contribution is -2.11. The summed E-state index contributed by atoms with van der Waals surface area (Å²) in [6.45, 7) is 10.4. The smallest absolute Gasteiger partial charge is 0.0486 e. The normalized spacial score (nSPS) is 11.9. The number of aromatic nitrogens is 1. The van der Waals surface area contributed by atoms with Gasteiger partial charge in [0.1, 0.15) is 0 Å². The molecular weight excluding hydrogens is 182 g/mol. The van der Waals surface area contributed by atoms with Crippen LogP contribution in [0.5, 0.6) is 0 Å². The molecule has 1 heterocycles. The van der Waals surface area contributed by atoms with E-state index in [-0.39, 0.29) is 5.41 Å². The van der Waals surface area contributed by atoms with E-state index in [0.29, 0.717) is 0 Å². The fraction of sp³-hybridized carbons (Fsp3) is 0.286. The van der Waals surface area contributed by atoms with E-state index < -0.39 is 0 Å². The molecule has 0 amide bonds. The standard InChI is InChI=1S/C14H17N/c1-5-14(3,4)12-9-15-13-10(2)7-6-8-11(12)13/h5-9,15H,1H2,2-4H3. The number of rotatable bonds is 2. The number of aryl methyl sites for hydroxylation is 1. The number of hydrogen-bond acceptors (Lipinski definition) is 0. The maximum absolute atomic E-state index is 3.90. The first-order valence-electron chi connectivity index (χ1n) is 5.27. The second kappa shape index (κ2) is 3.27. The van der Waals surface area contributed by atoms with Crippen LogP contribution in [0.4, 0.5) is 0 Å². The van der Waals surface area contributed by atoms with Crippen molar-refractivity contribution in [1.82, 2.24) is 4.98 Å². The summed E-state index contributed by atoms with van der Waals surface area (Å²) in [5.41, 5.74) is 3.86. The van der Waals surface area contributed by atoms with Crippen LogP contribution < -0.4 is 0 Å². The van der Waals surface area contributed by atoms with E-state index in [2.05, 4.69) is 56.7 Å². The summed E-state index contributed by atoms with van der Waals surface area (Å²) in [5, 5.41) is 1.31. The van der Waals surface area contributed by atoms with Gasteiger partial charge in [-0.15, -0.1) is 6.58 Å². The molecule has 1 aromatic carbocycles. The zero-order valence-corrected chi connectivity index (χ0v) is 9.59. The molecule has 0 radical (unpaired) electrons. The molecule has 0 bridgehead atoms. The summed E-state index contributed by atoms with van der Waals surface area (Å²) in [7, 11) is 0. The highest BCUT2D eigenvalue weighted by atomic mass is 14.7. The highest BCUT2D eigenvalue weighted by molar-refractivity contribution is 5.87. The Kier molecular flexibility index (Phi) is 2.18. The molecule has 2 aromatic rings. The summed E-state index contributed by atoms with van der Waals surface area (Å²) < 4.78 is 0. The first-order valence-corrected chi connectivity index (χ1v) is 5.27. The predicted octanol–water partition coefficient (Wildman–Crippen LogP) is 3.94. The molecule has 78 valence electrons. The van der Waals surface area contributed by atoms with Crippen LogP contribution in [-0.2, 0) is 5.41 Å². The van der Waals surface area contributed by atoms with Crippen LogP contribution in [0.2, 0.25) is 0 Å². The van der Waals surface area contributed by atoms with Gasteiger partial charge in [0.05, 0.1) is 0 Å². The molecule has 0 aliphatic heterocycles. The molecule has 1 heteroatoms. The monoisotopic (exact) mass is 199 g/mol. The Morgan fingerprint density at radius 2 is 2.07 bits per heavy atom. The summed E-state index contributed by atoms with van der Waals surface area (Å²) in [5.74, 6) is 0. The lowest BCUT2D eigenvalue weighted by atomic mass is 9.84. The van der Waals surface area contributed by atoms with E-state index in [1.807, 2.05) is 6.08 Å². The van der Waals surface area contributed by atoms with Crippen molar-refractivity contribution < 1.29 is 0 Å². The van der Waals surface area contributed by atoms with Gasteiger partial charge in [-0.25, -0.2) is 0 Å². The van der Waals surface area contributed by atoms with Crippen LogP contribution in [0.15, 0.2) is 37.1 Å². The molecule has 1 N–H and O–H groups in total. The number of hydrogen-bond donors (Lipinski definition) is 1. The van der Waals surface area contributed by atoms with Crippen molar-refractivity contribution in [2.75, 3.05) is 0 Å². The van der Waals surface area contributed by atoms with E-state index in [4.69, 9.17) is 0 Å². The molecular formula is C14H17N. The van der Waals surface area contributed by atoms with Crippen LogP contribution in [0.25, 0.3) is 10.9 Å². The fourth-order valence-corrected chi connectivity index (χ4v) is 1.95. The molecule has 0 aliphatic carbocycles. The number of aromatic amines is 1. The van der Waals surface area contributed by atoms with E-state index in [1.165, 1.54) is 22.0 Å². The van der Waals surface area contributed by atoms with Crippen molar-refractivity contribution in [3.63, 3.8) is 0 Å². The topological polar surface area (TPSA) is 15.8 Å². The minimum absolute atomic E-state index is 0.0199. The molecule has 1 nitrogen and oxygen atoms in total. The Morgan fingerprint density at radius 3 is 2.73 bits per heavy atom. The summed E-state index contributed by atoms with van der Waals surface area (Å²) in [6, 6.07) is 6.40. The van der Waals surface area contributed by atoms with E-state index >= 15 is 0 Å². The van der Waals surface area contributed by atoms with Crippen LogP contribution in [-0.4, -0.2) is 4.98 Å². The van der Waals surface area contributed by atoms with Gasteiger partial charge in [0.25, 0.3) is 0 Å². The maximum Gasteiger partial charge on any atom is 0.0486 e. The first kappa shape index (κ1) is 10.0. The van der Waals surface area contributed by atoms with Crippen LogP contribution in [0.3, 0.4) is 0 Å². The van der Waals surface area contributed by atoms with Gasteiger partial charge in [-0.3, -0.25) is 0 Å².